The number of anilines is 1. The third kappa shape index (κ3) is 7.81. The van der Waals surface area contributed by atoms with Crippen LogP contribution < -0.4 is 16.2 Å². The maximum absolute atomic E-state index is 12.5. The summed E-state index contributed by atoms with van der Waals surface area (Å²) in [5, 5.41) is 8.80. The Bertz CT molecular complexity index is 1240. The van der Waals surface area contributed by atoms with E-state index in [9.17, 15) is 9.59 Å². The summed E-state index contributed by atoms with van der Waals surface area (Å²) in [6.07, 6.45) is 10.8. The molecule has 206 valence electrons. The van der Waals surface area contributed by atoms with Gasteiger partial charge in [-0.15, -0.1) is 0 Å². The number of H-pyrrole nitrogens is 1. The molecule has 1 saturated carbocycles. The molecule has 2 aromatic heterocycles. The van der Waals surface area contributed by atoms with Crippen molar-refractivity contribution in [2.45, 2.75) is 78.9 Å². The van der Waals surface area contributed by atoms with Crippen molar-refractivity contribution < 1.29 is 4.79 Å². The van der Waals surface area contributed by atoms with Crippen LogP contribution in [0.5, 0.6) is 0 Å². The van der Waals surface area contributed by atoms with E-state index in [1.165, 1.54) is 37.7 Å². The van der Waals surface area contributed by atoms with Crippen LogP contribution in [0.25, 0.3) is 0 Å². The zero-order chi connectivity index (χ0) is 27.7. The average molecular weight is 521 g/mol. The van der Waals surface area contributed by atoms with Crippen molar-refractivity contribution in [1.82, 2.24) is 25.0 Å². The number of aryl methyl sites for hydroxylation is 2. The van der Waals surface area contributed by atoms with Gasteiger partial charge in [0.25, 0.3) is 11.5 Å². The van der Waals surface area contributed by atoms with E-state index in [0.717, 1.165) is 41.6 Å². The Morgan fingerprint density at radius 2 is 1.92 bits per heavy atom. The maximum Gasteiger partial charge on any atom is 0.269 e. The molecule has 1 aliphatic rings. The van der Waals surface area contributed by atoms with Gasteiger partial charge < -0.3 is 10.6 Å². The van der Waals surface area contributed by atoms with Crippen molar-refractivity contribution >= 4 is 11.6 Å². The number of carbonyl (C=O) groups excluding carboxylic acids is 1. The first-order chi connectivity index (χ1) is 18.2. The smallest absolute Gasteiger partial charge is 0.269 e. The molecule has 1 aliphatic carbocycles. The van der Waals surface area contributed by atoms with Crippen molar-refractivity contribution in [3.63, 3.8) is 0 Å². The molecule has 3 aromatic rings. The molecule has 0 bridgehead atoms. The lowest BCUT2D eigenvalue weighted by Crippen LogP contribution is -2.32. The largest absolute Gasteiger partial charge is 0.385 e. The number of hydrogen-bond donors (Lipinski definition) is 3. The standard InChI is InChI=1S/C17H24N4O2.C13H20N2/c1-6-18-15-8-10(2)7-13(11(15)3)16(22)19-9-14-12(4)21(5)20-17(14)23;1-15(13-7-3-2-4-8-13)11-12-6-5-9-14-10-12/h7-8,18H,6,9H2,1-5H3,(H,19,22)(H,20,23);5-6,9-10,13H,2-4,7-8,11H2,1H3. The Balaban J connectivity index is 0.000000230. The minimum Gasteiger partial charge on any atom is -0.385 e. The Morgan fingerprint density at radius 3 is 2.53 bits per heavy atom. The highest BCUT2D eigenvalue weighted by atomic mass is 16.2. The highest BCUT2D eigenvalue weighted by Crippen LogP contribution is 2.23. The molecule has 2 heterocycles. The van der Waals surface area contributed by atoms with E-state index in [2.05, 4.69) is 38.7 Å². The summed E-state index contributed by atoms with van der Waals surface area (Å²) < 4.78 is 1.66. The first-order valence-corrected chi connectivity index (χ1v) is 13.7. The second-order valence-electron chi connectivity index (χ2n) is 10.3. The summed E-state index contributed by atoms with van der Waals surface area (Å²) in [7, 11) is 4.01. The Kier molecular flexibility index (Phi) is 10.7. The zero-order valence-corrected chi connectivity index (χ0v) is 23.9. The van der Waals surface area contributed by atoms with E-state index in [4.69, 9.17) is 0 Å². The van der Waals surface area contributed by atoms with E-state index >= 15 is 0 Å². The molecule has 0 saturated heterocycles. The molecule has 4 rings (SSSR count). The van der Waals surface area contributed by atoms with E-state index < -0.39 is 0 Å². The topological polar surface area (TPSA) is 95.0 Å². The molecule has 1 amide bonds. The first kappa shape index (κ1) is 29.2. The van der Waals surface area contributed by atoms with Crippen LogP contribution in [0, 0.1) is 20.8 Å². The lowest BCUT2D eigenvalue weighted by atomic mass is 9.94. The molecule has 8 nitrogen and oxygen atoms in total. The monoisotopic (exact) mass is 520 g/mol. The Morgan fingerprint density at radius 1 is 1.18 bits per heavy atom. The normalized spacial score (nSPS) is 13.7. The van der Waals surface area contributed by atoms with Gasteiger partial charge in [0.1, 0.15) is 0 Å². The van der Waals surface area contributed by atoms with Crippen molar-refractivity contribution in [2.75, 3.05) is 18.9 Å². The minimum atomic E-state index is -0.173. The molecular weight excluding hydrogens is 476 g/mol. The van der Waals surface area contributed by atoms with Gasteiger partial charge in [-0.05, 0) is 82.5 Å². The highest BCUT2D eigenvalue weighted by Gasteiger charge is 2.18. The van der Waals surface area contributed by atoms with Gasteiger partial charge in [0.15, 0.2) is 0 Å². The van der Waals surface area contributed by atoms with Crippen molar-refractivity contribution in [1.29, 1.82) is 0 Å². The predicted molar refractivity (Wildman–Crippen MR) is 155 cm³/mol. The molecule has 3 N–H and O–H groups in total. The summed E-state index contributed by atoms with van der Waals surface area (Å²) in [5.74, 6) is -0.173. The van der Waals surface area contributed by atoms with Crippen LogP contribution in [-0.4, -0.2) is 45.2 Å². The molecule has 8 heteroatoms. The molecule has 1 fully saturated rings. The fraction of sp³-hybridized carbons (Fsp3) is 0.500. The molecule has 38 heavy (non-hydrogen) atoms. The van der Waals surface area contributed by atoms with Gasteiger partial charge in [0.2, 0.25) is 0 Å². The summed E-state index contributed by atoms with van der Waals surface area (Å²) >= 11 is 0. The molecule has 0 radical (unpaired) electrons. The third-order valence-corrected chi connectivity index (χ3v) is 7.43. The molecule has 0 unspecified atom stereocenters. The van der Waals surface area contributed by atoms with Crippen molar-refractivity contribution in [3.8, 4) is 0 Å². The van der Waals surface area contributed by atoms with Crippen LogP contribution in [0.1, 0.15) is 77.3 Å². The van der Waals surface area contributed by atoms with Gasteiger partial charge in [-0.1, -0.05) is 25.3 Å². The third-order valence-electron chi connectivity index (χ3n) is 7.43. The number of nitrogens with zero attached hydrogens (tertiary/aromatic N) is 3. The number of carbonyl (C=O) groups is 1. The highest BCUT2D eigenvalue weighted by molar-refractivity contribution is 5.97. The maximum atomic E-state index is 12.5. The van der Waals surface area contributed by atoms with E-state index in [1.54, 1.807) is 11.7 Å². The van der Waals surface area contributed by atoms with Crippen LogP contribution in [0.15, 0.2) is 41.5 Å². The predicted octanol–water partition coefficient (Wildman–Crippen LogP) is 4.85. The average Bonchev–Trinajstić information content (AvgIpc) is 3.16. The number of aromatic nitrogens is 3. The van der Waals surface area contributed by atoms with Crippen LogP contribution >= 0.6 is 0 Å². The van der Waals surface area contributed by atoms with Crippen LogP contribution in [0.2, 0.25) is 0 Å². The number of aromatic amines is 1. The van der Waals surface area contributed by atoms with Gasteiger partial charge in [-0.3, -0.25) is 29.3 Å². The van der Waals surface area contributed by atoms with E-state index in [1.807, 2.05) is 58.3 Å². The van der Waals surface area contributed by atoms with Gasteiger partial charge in [-0.25, -0.2) is 0 Å². The summed E-state index contributed by atoms with van der Waals surface area (Å²) in [5.41, 5.74) is 6.09. The SMILES string of the molecule is CCNc1cc(C)cc(C(=O)NCc2c(C)n(C)[nH]c2=O)c1C.CN(Cc1cccnc1)C1CCCCC1. The number of nitrogens with one attached hydrogen (secondary N) is 3. The number of benzene rings is 1. The van der Waals surface area contributed by atoms with Crippen LogP contribution in [0.4, 0.5) is 5.69 Å². The van der Waals surface area contributed by atoms with Gasteiger partial charge in [0, 0.05) is 55.5 Å². The lowest BCUT2D eigenvalue weighted by Gasteiger charge is -2.31. The number of rotatable bonds is 8. The molecule has 0 atom stereocenters. The lowest BCUT2D eigenvalue weighted by molar-refractivity contribution is 0.0950. The summed E-state index contributed by atoms with van der Waals surface area (Å²) in [4.78, 5) is 31.0. The first-order valence-electron chi connectivity index (χ1n) is 13.7. The number of pyridine rings is 1. The van der Waals surface area contributed by atoms with Crippen LogP contribution in [0.3, 0.4) is 0 Å². The van der Waals surface area contributed by atoms with Crippen molar-refractivity contribution in [3.05, 3.63) is 80.5 Å². The number of hydrogen-bond acceptors (Lipinski definition) is 5. The van der Waals surface area contributed by atoms with E-state index in [0.29, 0.717) is 11.1 Å². The summed E-state index contributed by atoms with van der Waals surface area (Å²) in [6, 6.07) is 8.87. The minimum absolute atomic E-state index is 0.167. The molecular formula is C30H44N6O2. The molecule has 1 aromatic carbocycles. The molecule has 0 aliphatic heterocycles. The van der Waals surface area contributed by atoms with E-state index in [-0.39, 0.29) is 18.0 Å². The second-order valence-corrected chi connectivity index (χ2v) is 10.3. The quantitative estimate of drug-likeness (QED) is 0.395. The fourth-order valence-corrected chi connectivity index (χ4v) is 5.04. The zero-order valence-electron chi connectivity index (χ0n) is 23.9. The van der Waals surface area contributed by atoms with Gasteiger partial charge in [-0.2, -0.15) is 0 Å². The second kappa shape index (κ2) is 14.0. The van der Waals surface area contributed by atoms with Crippen LogP contribution in [-0.2, 0) is 20.1 Å². The van der Waals surface area contributed by atoms with Crippen molar-refractivity contribution in [2.24, 2.45) is 7.05 Å². The Labute approximate surface area is 226 Å². The van der Waals surface area contributed by atoms with Gasteiger partial charge >= 0.3 is 0 Å². The molecule has 0 spiro atoms. The number of amides is 1. The fourth-order valence-electron chi connectivity index (χ4n) is 5.04. The summed E-state index contributed by atoms with van der Waals surface area (Å²) in [6.45, 7) is 9.80. The Hall–Kier alpha value is -3.39. The van der Waals surface area contributed by atoms with Gasteiger partial charge in [0.05, 0.1) is 12.1 Å².